The van der Waals surface area contributed by atoms with E-state index in [0.29, 0.717) is 6.04 Å². The lowest BCUT2D eigenvalue weighted by Crippen LogP contribution is -2.42. The number of rotatable bonds is 6. The molecule has 0 heterocycles. The fourth-order valence-electron chi connectivity index (χ4n) is 1.28. The van der Waals surface area contributed by atoms with Crippen molar-refractivity contribution < 1.29 is 0 Å². The Labute approximate surface area is 83.7 Å². The van der Waals surface area contributed by atoms with Crippen molar-refractivity contribution in [1.29, 1.82) is 0 Å². The molecule has 0 amide bonds. The van der Waals surface area contributed by atoms with E-state index in [-0.39, 0.29) is 5.54 Å². The fraction of sp³-hybridized carbons (Fsp3) is 1.00. The summed E-state index contributed by atoms with van der Waals surface area (Å²) in [6.45, 7) is 13.4. The molecule has 0 atom stereocenters. The Hall–Kier alpha value is -0.0800. The van der Waals surface area contributed by atoms with Gasteiger partial charge in [-0.2, -0.15) is 0 Å². The van der Waals surface area contributed by atoms with E-state index in [1.54, 1.807) is 0 Å². The molecule has 0 rings (SSSR count). The summed E-state index contributed by atoms with van der Waals surface area (Å²) in [6.07, 6.45) is 1.20. The van der Waals surface area contributed by atoms with E-state index >= 15 is 0 Å². The van der Waals surface area contributed by atoms with E-state index in [0.717, 1.165) is 13.1 Å². The van der Waals surface area contributed by atoms with E-state index < -0.39 is 0 Å². The first-order valence-electron chi connectivity index (χ1n) is 5.34. The number of hydrogen-bond acceptors (Lipinski definition) is 2. The van der Waals surface area contributed by atoms with Gasteiger partial charge in [-0.1, -0.05) is 6.92 Å². The first-order chi connectivity index (χ1) is 5.89. The van der Waals surface area contributed by atoms with Crippen LogP contribution in [-0.4, -0.2) is 36.6 Å². The molecule has 80 valence electrons. The van der Waals surface area contributed by atoms with Gasteiger partial charge in [0, 0.05) is 11.6 Å². The molecule has 0 saturated heterocycles. The van der Waals surface area contributed by atoms with Crippen molar-refractivity contribution in [3.05, 3.63) is 0 Å². The van der Waals surface area contributed by atoms with Crippen molar-refractivity contribution in [2.24, 2.45) is 0 Å². The predicted molar refractivity (Wildman–Crippen MR) is 60.1 cm³/mol. The second-order valence-electron chi connectivity index (χ2n) is 4.74. The average Bonchev–Trinajstić information content (AvgIpc) is 2.00. The molecule has 2 heteroatoms. The lowest BCUT2D eigenvalue weighted by atomic mass is 10.0. The maximum Gasteiger partial charge on any atom is 0.0137 e. The molecule has 0 aromatic heterocycles. The van der Waals surface area contributed by atoms with Crippen molar-refractivity contribution in [3.63, 3.8) is 0 Å². The molecular weight excluding hydrogens is 160 g/mol. The molecule has 0 unspecified atom stereocenters. The summed E-state index contributed by atoms with van der Waals surface area (Å²) in [5.74, 6) is 0. The van der Waals surface area contributed by atoms with Gasteiger partial charge in [-0.3, -0.25) is 0 Å². The lowest BCUT2D eigenvalue weighted by molar-refractivity contribution is 0.233. The molecule has 0 fully saturated rings. The van der Waals surface area contributed by atoms with Crippen LogP contribution in [0.15, 0.2) is 0 Å². The highest BCUT2D eigenvalue weighted by atomic mass is 15.1. The third-order valence-corrected chi connectivity index (χ3v) is 2.63. The summed E-state index contributed by atoms with van der Waals surface area (Å²) in [5, 5.41) is 3.49. The minimum absolute atomic E-state index is 0.276. The zero-order valence-electron chi connectivity index (χ0n) is 10.1. The van der Waals surface area contributed by atoms with Crippen LogP contribution in [-0.2, 0) is 0 Å². The van der Waals surface area contributed by atoms with E-state index in [1.807, 2.05) is 0 Å². The van der Waals surface area contributed by atoms with Gasteiger partial charge in [-0.25, -0.2) is 0 Å². The van der Waals surface area contributed by atoms with Crippen LogP contribution in [0.25, 0.3) is 0 Å². The van der Waals surface area contributed by atoms with Gasteiger partial charge in [0.05, 0.1) is 0 Å². The van der Waals surface area contributed by atoms with Gasteiger partial charge in [-0.05, 0) is 54.3 Å². The molecule has 0 radical (unpaired) electrons. The summed E-state index contributed by atoms with van der Waals surface area (Å²) in [7, 11) is 2.19. The largest absolute Gasteiger partial charge is 0.312 e. The Morgan fingerprint density at radius 2 is 1.85 bits per heavy atom. The van der Waals surface area contributed by atoms with Crippen LogP contribution in [0.2, 0.25) is 0 Å². The summed E-state index contributed by atoms with van der Waals surface area (Å²) < 4.78 is 0. The first kappa shape index (κ1) is 12.9. The van der Waals surface area contributed by atoms with Crippen molar-refractivity contribution >= 4 is 0 Å². The summed E-state index contributed by atoms with van der Waals surface area (Å²) in [5.41, 5.74) is 0.276. The van der Waals surface area contributed by atoms with E-state index in [4.69, 9.17) is 0 Å². The van der Waals surface area contributed by atoms with Gasteiger partial charge in [0.25, 0.3) is 0 Å². The number of nitrogens with zero attached hydrogens (tertiary/aromatic N) is 1. The quantitative estimate of drug-likeness (QED) is 0.683. The average molecular weight is 186 g/mol. The molecule has 0 aromatic rings. The maximum absolute atomic E-state index is 3.49. The van der Waals surface area contributed by atoms with Crippen LogP contribution in [0.4, 0.5) is 0 Å². The lowest BCUT2D eigenvalue weighted by Gasteiger charge is -2.29. The molecule has 0 aliphatic heterocycles. The predicted octanol–water partition coefficient (Wildman–Crippen LogP) is 2.10. The minimum Gasteiger partial charge on any atom is -0.312 e. The van der Waals surface area contributed by atoms with Gasteiger partial charge in [0.1, 0.15) is 0 Å². The van der Waals surface area contributed by atoms with Crippen molar-refractivity contribution in [3.8, 4) is 0 Å². The van der Waals surface area contributed by atoms with Gasteiger partial charge in [0.15, 0.2) is 0 Å². The van der Waals surface area contributed by atoms with Crippen LogP contribution in [0, 0.1) is 0 Å². The SMILES string of the molecule is CCNC(C)(C)CCN(C)C(C)C. The van der Waals surface area contributed by atoms with E-state index in [9.17, 15) is 0 Å². The number of nitrogens with one attached hydrogen (secondary N) is 1. The Bertz CT molecular complexity index is 130. The summed E-state index contributed by atoms with van der Waals surface area (Å²) >= 11 is 0. The molecule has 13 heavy (non-hydrogen) atoms. The Balaban J connectivity index is 3.73. The molecule has 0 aliphatic carbocycles. The van der Waals surface area contributed by atoms with Crippen molar-refractivity contribution in [2.75, 3.05) is 20.1 Å². The highest BCUT2D eigenvalue weighted by molar-refractivity contribution is 4.78. The normalized spacial score (nSPS) is 12.9. The van der Waals surface area contributed by atoms with Crippen LogP contribution >= 0.6 is 0 Å². The summed E-state index contributed by atoms with van der Waals surface area (Å²) in [6, 6.07) is 0.650. The smallest absolute Gasteiger partial charge is 0.0137 e. The monoisotopic (exact) mass is 186 g/mol. The standard InChI is InChI=1S/C11H26N2/c1-7-12-11(4,5)8-9-13(6)10(2)3/h10,12H,7-9H2,1-6H3. The molecule has 0 aromatic carbocycles. The second kappa shape index (κ2) is 5.61. The van der Waals surface area contributed by atoms with Gasteiger partial charge < -0.3 is 10.2 Å². The van der Waals surface area contributed by atoms with Gasteiger partial charge in [0.2, 0.25) is 0 Å². The van der Waals surface area contributed by atoms with Gasteiger partial charge in [-0.15, -0.1) is 0 Å². The van der Waals surface area contributed by atoms with E-state index in [2.05, 4.69) is 51.9 Å². The third-order valence-electron chi connectivity index (χ3n) is 2.63. The maximum atomic E-state index is 3.49. The topological polar surface area (TPSA) is 15.3 Å². The fourth-order valence-corrected chi connectivity index (χ4v) is 1.28. The molecule has 2 nitrogen and oxygen atoms in total. The zero-order valence-corrected chi connectivity index (χ0v) is 10.1. The first-order valence-corrected chi connectivity index (χ1v) is 5.34. The Morgan fingerprint density at radius 1 is 1.31 bits per heavy atom. The Morgan fingerprint density at radius 3 is 2.23 bits per heavy atom. The van der Waals surface area contributed by atoms with Crippen LogP contribution in [0.1, 0.15) is 41.0 Å². The third kappa shape index (κ3) is 6.05. The van der Waals surface area contributed by atoms with Gasteiger partial charge >= 0.3 is 0 Å². The highest BCUT2D eigenvalue weighted by Crippen LogP contribution is 2.09. The molecular formula is C11H26N2. The molecule has 0 aliphatic rings. The van der Waals surface area contributed by atoms with Crippen LogP contribution < -0.4 is 5.32 Å². The zero-order chi connectivity index (χ0) is 10.5. The molecule has 0 bridgehead atoms. The Kier molecular flexibility index (Phi) is 5.57. The van der Waals surface area contributed by atoms with Crippen LogP contribution in [0.3, 0.4) is 0 Å². The molecule has 0 saturated carbocycles. The van der Waals surface area contributed by atoms with Crippen molar-refractivity contribution in [2.45, 2.75) is 52.6 Å². The minimum atomic E-state index is 0.276. The highest BCUT2D eigenvalue weighted by Gasteiger charge is 2.16. The number of hydrogen-bond donors (Lipinski definition) is 1. The summed E-state index contributed by atoms with van der Waals surface area (Å²) in [4.78, 5) is 2.39. The molecule has 1 N–H and O–H groups in total. The van der Waals surface area contributed by atoms with E-state index in [1.165, 1.54) is 6.42 Å². The second-order valence-corrected chi connectivity index (χ2v) is 4.74. The molecule has 0 spiro atoms. The van der Waals surface area contributed by atoms with Crippen LogP contribution in [0.5, 0.6) is 0 Å². The van der Waals surface area contributed by atoms with Crippen molar-refractivity contribution in [1.82, 2.24) is 10.2 Å².